The highest BCUT2D eigenvalue weighted by Crippen LogP contribution is 2.31. The molecule has 9 heteroatoms. The van der Waals surface area contributed by atoms with Gasteiger partial charge in [-0.05, 0) is 36.8 Å². The molecule has 40 heavy (non-hydrogen) atoms. The first-order chi connectivity index (χ1) is 19.0. The second-order valence-electron chi connectivity index (χ2n) is 11.6. The summed E-state index contributed by atoms with van der Waals surface area (Å²) in [6.45, 7) is 11.5. The third kappa shape index (κ3) is 6.89. The molecule has 212 valence electrons. The Morgan fingerprint density at radius 3 is 2.10 bits per heavy atom. The lowest BCUT2D eigenvalue weighted by Crippen LogP contribution is -2.44. The van der Waals surface area contributed by atoms with Crippen molar-refractivity contribution >= 4 is 23.8 Å². The van der Waals surface area contributed by atoms with Crippen molar-refractivity contribution in [1.29, 1.82) is 0 Å². The first kappa shape index (κ1) is 28.9. The number of aromatic nitrogens is 2. The number of hydrogen-bond acceptors (Lipinski definition) is 6. The van der Waals surface area contributed by atoms with E-state index in [9.17, 15) is 14.7 Å². The summed E-state index contributed by atoms with van der Waals surface area (Å²) in [5.74, 6) is 0.953. The molecule has 9 nitrogen and oxygen atoms in total. The SMILES string of the molecule is CC(C)N1Cc2c(NCC(c3ccccc3)c3ccccc3)nc(NCCC(NC(=O)O)C(C)(C)C)nc2C1=O. The van der Waals surface area contributed by atoms with E-state index >= 15 is 0 Å². The van der Waals surface area contributed by atoms with Gasteiger partial charge in [-0.3, -0.25) is 4.79 Å². The van der Waals surface area contributed by atoms with Crippen LogP contribution in [-0.4, -0.2) is 57.1 Å². The van der Waals surface area contributed by atoms with Gasteiger partial charge < -0.3 is 26.0 Å². The predicted octanol–water partition coefficient (Wildman–Crippen LogP) is 5.57. The number of carbonyl (C=O) groups excluding carboxylic acids is 1. The molecule has 1 aliphatic heterocycles. The summed E-state index contributed by atoms with van der Waals surface area (Å²) in [4.78, 5) is 35.8. The van der Waals surface area contributed by atoms with Crippen molar-refractivity contribution in [3.63, 3.8) is 0 Å². The smallest absolute Gasteiger partial charge is 0.404 e. The third-order valence-electron chi connectivity index (χ3n) is 7.36. The lowest BCUT2D eigenvalue weighted by molar-refractivity contribution is 0.0726. The van der Waals surface area contributed by atoms with Crippen molar-refractivity contribution < 1.29 is 14.7 Å². The number of carboxylic acid groups (broad SMARTS) is 1. The van der Waals surface area contributed by atoms with Crippen molar-refractivity contribution in [1.82, 2.24) is 20.2 Å². The van der Waals surface area contributed by atoms with Crippen LogP contribution in [0, 0.1) is 5.41 Å². The van der Waals surface area contributed by atoms with Crippen LogP contribution in [0.5, 0.6) is 0 Å². The zero-order valence-electron chi connectivity index (χ0n) is 23.9. The first-order valence-electron chi connectivity index (χ1n) is 13.8. The van der Waals surface area contributed by atoms with Crippen LogP contribution >= 0.6 is 0 Å². The van der Waals surface area contributed by atoms with E-state index in [1.54, 1.807) is 4.90 Å². The molecule has 4 N–H and O–H groups in total. The number of fused-ring (bicyclic) bond motifs is 1. The van der Waals surface area contributed by atoms with Crippen LogP contribution in [0.4, 0.5) is 16.6 Å². The number of benzene rings is 2. The van der Waals surface area contributed by atoms with Crippen LogP contribution in [0.2, 0.25) is 0 Å². The topological polar surface area (TPSA) is 119 Å². The maximum Gasteiger partial charge on any atom is 0.404 e. The van der Waals surface area contributed by atoms with Crippen molar-refractivity contribution in [2.45, 2.75) is 65.6 Å². The molecule has 2 amide bonds. The van der Waals surface area contributed by atoms with Gasteiger partial charge in [0, 0.05) is 36.7 Å². The van der Waals surface area contributed by atoms with Crippen LogP contribution in [0.15, 0.2) is 60.7 Å². The molecule has 4 rings (SSSR count). The molecule has 0 bridgehead atoms. The minimum Gasteiger partial charge on any atom is -0.465 e. The molecule has 0 saturated heterocycles. The standard InChI is InChI=1S/C31H40N6O3/c1-20(2)37-19-24-26(28(37)38)35-29(32-17-16-25(31(3,4)5)34-30(39)40)36-27(24)33-18-23(21-12-8-6-9-13-21)22-14-10-7-11-15-22/h6-15,20,23,25,34H,16-19H2,1-5H3,(H,39,40)(H2,32,33,35,36). The fourth-order valence-electron chi connectivity index (χ4n) is 5.03. The number of anilines is 2. The van der Waals surface area contributed by atoms with Crippen molar-refractivity contribution in [2.75, 3.05) is 23.7 Å². The fraction of sp³-hybridized carbons (Fsp3) is 0.419. The molecule has 1 unspecified atom stereocenters. The van der Waals surface area contributed by atoms with Gasteiger partial charge in [-0.25, -0.2) is 9.78 Å². The molecule has 0 radical (unpaired) electrons. The Labute approximate surface area is 236 Å². The number of hydrogen-bond donors (Lipinski definition) is 4. The molecule has 3 aromatic rings. The summed E-state index contributed by atoms with van der Waals surface area (Å²) >= 11 is 0. The minimum atomic E-state index is -1.05. The molecule has 0 saturated carbocycles. The van der Waals surface area contributed by atoms with Crippen LogP contribution in [0.1, 0.15) is 74.1 Å². The summed E-state index contributed by atoms with van der Waals surface area (Å²) in [5, 5.41) is 18.7. The fourth-order valence-corrected chi connectivity index (χ4v) is 5.03. The van der Waals surface area contributed by atoms with E-state index < -0.39 is 6.09 Å². The Morgan fingerprint density at radius 1 is 0.975 bits per heavy atom. The van der Waals surface area contributed by atoms with Gasteiger partial charge in [0.1, 0.15) is 11.5 Å². The number of nitrogens with zero attached hydrogens (tertiary/aromatic N) is 3. The highest BCUT2D eigenvalue weighted by atomic mass is 16.4. The minimum absolute atomic E-state index is 0.0296. The average molecular weight is 545 g/mol. The molecule has 2 aromatic carbocycles. The van der Waals surface area contributed by atoms with E-state index in [1.807, 2.05) is 71.0 Å². The summed E-state index contributed by atoms with van der Waals surface area (Å²) in [7, 11) is 0. The van der Waals surface area contributed by atoms with Gasteiger partial charge in [0.25, 0.3) is 5.91 Å². The summed E-state index contributed by atoms with van der Waals surface area (Å²) in [5.41, 5.74) is 3.31. The molecule has 1 atom stereocenters. The second-order valence-corrected chi connectivity index (χ2v) is 11.6. The van der Waals surface area contributed by atoms with Gasteiger partial charge in [-0.2, -0.15) is 4.98 Å². The number of amides is 2. The second kappa shape index (κ2) is 12.4. The normalized spacial score (nSPS) is 13.9. The monoisotopic (exact) mass is 544 g/mol. The van der Waals surface area contributed by atoms with Gasteiger partial charge in [0.05, 0.1) is 6.54 Å². The molecule has 1 aliphatic rings. The largest absolute Gasteiger partial charge is 0.465 e. The quantitative estimate of drug-likeness (QED) is 0.249. The van der Waals surface area contributed by atoms with Gasteiger partial charge in [0.15, 0.2) is 0 Å². The van der Waals surface area contributed by atoms with E-state index in [4.69, 9.17) is 4.98 Å². The van der Waals surface area contributed by atoms with Crippen molar-refractivity contribution in [2.24, 2.45) is 5.41 Å². The van der Waals surface area contributed by atoms with Crippen LogP contribution in [0.25, 0.3) is 0 Å². The zero-order valence-corrected chi connectivity index (χ0v) is 23.9. The third-order valence-corrected chi connectivity index (χ3v) is 7.36. The van der Waals surface area contributed by atoms with E-state index in [0.29, 0.717) is 43.5 Å². The highest BCUT2D eigenvalue weighted by molar-refractivity contribution is 5.98. The molecular formula is C31H40N6O3. The van der Waals surface area contributed by atoms with E-state index in [2.05, 4.69) is 45.2 Å². The van der Waals surface area contributed by atoms with Crippen LogP contribution in [-0.2, 0) is 6.54 Å². The zero-order chi connectivity index (χ0) is 28.9. The molecule has 0 spiro atoms. The summed E-state index contributed by atoms with van der Waals surface area (Å²) in [6, 6.07) is 20.4. The number of nitrogens with one attached hydrogen (secondary N) is 3. The average Bonchev–Trinajstić information content (AvgIpc) is 3.25. The van der Waals surface area contributed by atoms with Crippen LogP contribution < -0.4 is 16.0 Å². The van der Waals surface area contributed by atoms with Crippen molar-refractivity contribution in [3.8, 4) is 0 Å². The Balaban J connectivity index is 1.60. The maximum absolute atomic E-state index is 13.3. The van der Waals surface area contributed by atoms with Gasteiger partial charge in [-0.1, -0.05) is 81.4 Å². The Morgan fingerprint density at radius 2 is 1.57 bits per heavy atom. The van der Waals surface area contributed by atoms with Crippen molar-refractivity contribution in [3.05, 3.63) is 83.0 Å². The van der Waals surface area contributed by atoms with Gasteiger partial charge in [-0.15, -0.1) is 0 Å². The lowest BCUT2D eigenvalue weighted by atomic mass is 9.85. The summed E-state index contributed by atoms with van der Waals surface area (Å²) in [6.07, 6.45) is -0.513. The number of carbonyl (C=O) groups is 2. The van der Waals surface area contributed by atoms with E-state index in [1.165, 1.54) is 11.1 Å². The lowest BCUT2D eigenvalue weighted by Gasteiger charge is -2.30. The summed E-state index contributed by atoms with van der Waals surface area (Å²) < 4.78 is 0. The predicted molar refractivity (Wildman–Crippen MR) is 158 cm³/mol. The van der Waals surface area contributed by atoms with Gasteiger partial charge >= 0.3 is 6.09 Å². The maximum atomic E-state index is 13.3. The molecular weight excluding hydrogens is 504 g/mol. The van der Waals surface area contributed by atoms with E-state index in [0.717, 1.165) is 5.56 Å². The Hall–Kier alpha value is -4.14. The molecule has 2 heterocycles. The Bertz CT molecular complexity index is 1270. The molecule has 0 aliphatic carbocycles. The molecule has 0 fully saturated rings. The highest BCUT2D eigenvalue weighted by Gasteiger charge is 2.34. The Kier molecular flexibility index (Phi) is 8.92. The first-order valence-corrected chi connectivity index (χ1v) is 13.8. The van der Waals surface area contributed by atoms with E-state index in [-0.39, 0.29) is 29.3 Å². The van der Waals surface area contributed by atoms with Crippen LogP contribution in [0.3, 0.4) is 0 Å². The van der Waals surface area contributed by atoms with Gasteiger partial charge in [0.2, 0.25) is 5.95 Å². The molecule has 1 aromatic heterocycles. The number of rotatable bonds is 11.